The summed E-state index contributed by atoms with van der Waals surface area (Å²) in [4.78, 5) is 4.37. The van der Waals surface area contributed by atoms with Crippen LogP contribution in [0.3, 0.4) is 0 Å². The molecule has 0 saturated heterocycles. The van der Waals surface area contributed by atoms with Crippen molar-refractivity contribution in [3.63, 3.8) is 0 Å². The first kappa shape index (κ1) is 17.0. The van der Waals surface area contributed by atoms with Gasteiger partial charge in [0, 0.05) is 28.6 Å². The van der Waals surface area contributed by atoms with E-state index in [-0.39, 0.29) is 10.8 Å². The first-order chi connectivity index (χ1) is 8.68. The first-order valence-corrected chi connectivity index (χ1v) is 8.39. The fourth-order valence-corrected chi connectivity index (χ4v) is 3.52. The molecule has 108 valence electrons. The smallest absolute Gasteiger partial charge is 0.137 e. The quantitative estimate of drug-likeness (QED) is 0.773. The topological polar surface area (TPSA) is 39.2 Å². The molecule has 1 rings (SSSR count). The molecule has 0 saturated carbocycles. The van der Waals surface area contributed by atoms with Crippen LogP contribution in [0.1, 0.15) is 51.9 Å². The highest BCUT2D eigenvalue weighted by Gasteiger charge is 2.35. The third-order valence-electron chi connectivity index (χ3n) is 3.01. The van der Waals surface area contributed by atoms with Crippen LogP contribution in [-0.4, -0.2) is 25.1 Å². The summed E-state index contributed by atoms with van der Waals surface area (Å²) >= 11 is 2.48. The summed E-state index contributed by atoms with van der Waals surface area (Å²) in [5, 5.41) is 0. The normalized spacial score (nSPS) is 15.6. The van der Waals surface area contributed by atoms with E-state index in [2.05, 4.69) is 33.9 Å². The summed E-state index contributed by atoms with van der Waals surface area (Å²) in [5.74, 6) is 0. The van der Waals surface area contributed by atoms with Gasteiger partial charge in [-0.3, -0.25) is 4.98 Å². The van der Waals surface area contributed by atoms with E-state index in [0.717, 1.165) is 22.3 Å². The van der Waals surface area contributed by atoms with Crippen molar-refractivity contribution in [1.29, 1.82) is 0 Å². The molecule has 2 atom stereocenters. The van der Waals surface area contributed by atoms with Gasteiger partial charge in [-0.15, -0.1) is 4.31 Å². The number of hydrogen-bond acceptors (Lipinski definition) is 3. The predicted octanol–water partition coefficient (Wildman–Crippen LogP) is 4.00. The van der Waals surface area contributed by atoms with Crippen LogP contribution in [-0.2, 0) is 11.4 Å². The lowest BCUT2D eigenvalue weighted by Gasteiger charge is -2.35. The summed E-state index contributed by atoms with van der Waals surface area (Å²) in [6, 6.07) is 2.14. The lowest BCUT2D eigenvalue weighted by atomic mass is 10.1. The molecule has 3 nitrogen and oxygen atoms in total. The Bertz CT molecular complexity index is 434. The molecule has 0 unspecified atom stereocenters. The van der Waals surface area contributed by atoms with E-state index in [1.54, 1.807) is 0 Å². The van der Waals surface area contributed by atoms with Gasteiger partial charge >= 0.3 is 0 Å². The number of rotatable bonds is 4. The molecular formula is C14H23BrN2OS. The molecule has 0 spiro atoms. The van der Waals surface area contributed by atoms with Crippen molar-refractivity contribution in [2.24, 2.45) is 0 Å². The van der Waals surface area contributed by atoms with Crippen molar-refractivity contribution in [3.05, 3.63) is 28.0 Å². The van der Waals surface area contributed by atoms with Crippen LogP contribution in [0, 0.1) is 6.92 Å². The van der Waals surface area contributed by atoms with Crippen LogP contribution in [0.15, 0.2) is 16.7 Å². The standard InChI is InChI=1S/C14H23BrN2OS/c1-7-17(19(18)14(4,5)6)11(3)12-8-13(15)10(2)16-9-12/h8-9,11H,7H2,1-6H3/t11-,19-/m1/s1. The number of hydrogen-bond donors (Lipinski definition) is 0. The summed E-state index contributed by atoms with van der Waals surface area (Å²) in [5.41, 5.74) is 2.05. The molecule has 0 aliphatic heterocycles. The molecule has 0 bridgehead atoms. The summed E-state index contributed by atoms with van der Waals surface area (Å²) < 4.78 is 15.3. The van der Waals surface area contributed by atoms with E-state index in [4.69, 9.17) is 0 Å². The van der Waals surface area contributed by atoms with Crippen molar-refractivity contribution in [3.8, 4) is 0 Å². The zero-order valence-corrected chi connectivity index (χ0v) is 14.9. The SMILES string of the molecule is CCN([C@H](C)c1cnc(C)c(Br)c1)[S@+]([O-])C(C)(C)C. The van der Waals surface area contributed by atoms with Gasteiger partial charge in [-0.1, -0.05) is 0 Å². The molecule has 5 heteroatoms. The van der Waals surface area contributed by atoms with E-state index in [9.17, 15) is 4.55 Å². The van der Waals surface area contributed by atoms with Crippen molar-refractivity contribution >= 4 is 27.3 Å². The minimum atomic E-state index is -1.03. The maximum absolute atomic E-state index is 12.6. The molecule has 1 aromatic rings. The summed E-state index contributed by atoms with van der Waals surface area (Å²) in [6.45, 7) is 12.8. The van der Waals surface area contributed by atoms with E-state index in [0.29, 0.717) is 0 Å². The zero-order chi connectivity index (χ0) is 14.8. The third kappa shape index (κ3) is 4.18. The monoisotopic (exact) mass is 346 g/mol. The molecular weight excluding hydrogens is 324 g/mol. The number of halogens is 1. The van der Waals surface area contributed by atoms with Gasteiger partial charge in [-0.25, -0.2) is 0 Å². The molecule has 0 N–H and O–H groups in total. The van der Waals surface area contributed by atoms with E-state index < -0.39 is 11.4 Å². The van der Waals surface area contributed by atoms with Gasteiger partial charge < -0.3 is 4.55 Å². The van der Waals surface area contributed by atoms with Crippen LogP contribution in [0.5, 0.6) is 0 Å². The summed E-state index contributed by atoms with van der Waals surface area (Å²) in [7, 11) is 0. The highest BCUT2D eigenvalue weighted by Crippen LogP contribution is 2.30. The minimum Gasteiger partial charge on any atom is -0.597 e. The Labute approximate surface area is 128 Å². The second kappa shape index (κ2) is 6.57. The van der Waals surface area contributed by atoms with Crippen molar-refractivity contribution in [2.75, 3.05) is 6.54 Å². The number of aromatic nitrogens is 1. The van der Waals surface area contributed by atoms with Crippen molar-refractivity contribution in [2.45, 2.75) is 52.3 Å². The average molecular weight is 347 g/mol. The van der Waals surface area contributed by atoms with Gasteiger partial charge in [0.25, 0.3) is 0 Å². The van der Waals surface area contributed by atoms with E-state index in [1.807, 2.05) is 45.1 Å². The average Bonchev–Trinajstić information content (AvgIpc) is 2.32. The second-order valence-electron chi connectivity index (χ2n) is 5.61. The molecule has 0 aliphatic rings. The Kier molecular flexibility index (Phi) is 5.86. The second-order valence-corrected chi connectivity index (χ2v) is 8.65. The lowest BCUT2D eigenvalue weighted by molar-refractivity contribution is 0.344. The lowest BCUT2D eigenvalue weighted by Crippen LogP contribution is -2.44. The Morgan fingerprint density at radius 2 is 2.05 bits per heavy atom. The van der Waals surface area contributed by atoms with E-state index >= 15 is 0 Å². The Morgan fingerprint density at radius 3 is 2.47 bits per heavy atom. The predicted molar refractivity (Wildman–Crippen MR) is 85.4 cm³/mol. The molecule has 0 aliphatic carbocycles. The molecule has 1 heterocycles. The van der Waals surface area contributed by atoms with Crippen molar-refractivity contribution in [1.82, 2.24) is 9.29 Å². The minimum absolute atomic E-state index is 0.0782. The van der Waals surface area contributed by atoms with Crippen LogP contribution in [0.2, 0.25) is 0 Å². The van der Waals surface area contributed by atoms with Gasteiger partial charge in [0.15, 0.2) is 0 Å². The van der Waals surface area contributed by atoms with Crippen LogP contribution in [0.25, 0.3) is 0 Å². The third-order valence-corrected chi connectivity index (χ3v) is 5.86. The Hall–Kier alpha value is -0.100. The van der Waals surface area contributed by atoms with Crippen molar-refractivity contribution < 1.29 is 4.55 Å². The van der Waals surface area contributed by atoms with Gasteiger partial charge in [0.2, 0.25) is 0 Å². The highest BCUT2D eigenvalue weighted by molar-refractivity contribution is 9.10. The highest BCUT2D eigenvalue weighted by atomic mass is 79.9. The number of aryl methyl sites for hydroxylation is 1. The molecule has 0 aromatic carbocycles. The fourth-order valence-electron chi connectivity index (χ4n) is 1.80. The van der Waals surface area contributed by atoms with Gasteiger partial charge in [0.05, 0.1) is 11.7 Å². The van der Waals surface area contributed by atoms with Crippen LogP contribution in [0.4, 0.5) is 0 Å². The van der Waals surface area contributed by atoms with Gasteiger partial charge in [-0.05, 0) is 69.1 Å². The van der Waals surface area contributed by atoms with Crippen LogP contribution < -0.4 is 0 Å². The number of nitrogens with zero attached hydrogens (tertiary/aromatic N) is 2. The molecule has 0 radical (unpaired) electrons. The fraction of sp³-hybridized carbons (Fsp3) is 0.643. The van der Waals surface area contributed by atoms with Crippen LogP contribution >= 0.6 is 15.9 Å². The summed E-state index contributed by atoms with van der Waals surface area (Å²) in [6.07, 6.45) is 1.87. The molecule has 1 aromatic heterocycles. The zero-order valence-electron chi connectivity index (χ0n) is 12.5. The van der Waals surface area contributed by atoms with Gasteiger partial charge in [-0.2, -0.15) is 0 Å². The Morgan fingerprint density at radius 1 is 1.47 bits per heavy atom. The largest absolute Gasteiger partial charge is 0.597 e. The molecule has 19 heavy (non-hydrogen) atoms. The molecule has 0 amide bonds. The maximum atomic E-state index is 12.6. The van der Waals surface area contributed by atoms with Gasteiger partial charge in [0.1, 0.15) is 4.75 Å². The number of pyridine rings is 1. The maximum Gasteiger partial charge on any atom is 0.137 e. The van der Waals surface area contributed by atoms with E-state index in [1.165, 1.54) is 0 Å². The Balaban J connectivity index is 3.01. The molecule has 0 fully saturated rings. The first-order valence-electron chi connectivity index (χ1n) is 6.49.